The molecule has 4 aromatic rings. The van der Waals surface area contributed by atoms with Crippen molar-refractivity contribution < 1.29 is 13.2 Å². The molecule has 3 N–H and O–H groups in total. The van der Waals surface area contributed by atoms with Gasteiger partial charge in [0, 0.05) is 36.6 Å². The van der Waals surface area contributed by atoms with Crippen LogP contribution in [-0.2, 0) is 10.0 Å². The molecule has 1 heterocycles. The maximum atomic E-state index is 13.0. The van der Waals surface area contributed by atoms with E-state index >= 15 is 0 Å². The summed E-state index contributed by atoms with van der Waals surface area (Å²) in [4.78, 5) is 11.1. The van der Waals surface area contributed by atoms with E-state index in [1.54, 1.807) is 7.11 Å². The van der Waals surface area contributed by atoms with Gasteiger partial charge in [-0.05, 0) is 66.7 Å². The number of benzene rings is 3. The van der Waals surface area contributed by atoms with Gasteiger partial charge in [0.1, 0.15) is 5.75 Å². The van der Waals surface area contributed by atoms with Crippen LogP contribution in [0.4, 0.5) is 17.3 Å². The van der Waals surface area contributed by atoms with E-state index < -0.39 is 10.0 Å². The Morgan fingerprint density at radius 2 is 1.35 bits per heavy atom. The molecule has 0 spiro atoms. The van der Waals surface area contributed by atoms with Crippen LogP contribution < -0.4 is 20.1 Å². The van der Waals surface area contributed by atoms with E-state index in [4.69, 9.17) is 10.5 Å². The van der Waals surface area contributed by atoms with Gasteiger partial charge in [-0.1, -0.05) is 12.1 Å². The summed E-state index contributed by atoms with van der Waals surface area (Å²) >= 11 is 0. The van der Waals surface area contributed by atoms with E-state index in [0.717, 1.165) is 16.8 Å². The Balaban J connectivity index is 1.78. The number of aromatic nitrogens is 2. The lowest BCUT2D eigenvalue weighted by Crippen LogP contribution is -2.15. The number of nitrogens with two attached hydrogens (primary N) is 1. The summed E-state index contributed by atoms with van der Waals surface area (Å²) in [5, 5.41) is 0. The summed E-state index contributed by atoms with van der Waals surface area (Å²) in [5.74, 6) is 0.679. The van der Waals surface area contributed by atoms with Crippen LogP contribution >= 0.6 is 0 Å². The minimum Gasteiger partial charge on any atom is -0.497 e. The van der Waals surface area contributed by atoms with Gasteiger partial charge in [-0.25, -0.2) is 23.1 Å². The molecule has 3 aromatic carbocycles. The highest BCUT2D eigenvalue weighted by Crippen LogP contribution is 2.28. The van der Waals surface area contributed by atoms with E-state index in [2.05, 4.69) is 14.7 Å². The molecule has 0 aliphatic rings. The lowest BCUT2D eigenvalue weighted by molar-refractivity contribution is 0.415. The number of nitrogens with zero attached hydrogens (tertiary/aromatic N) is 3. The third kappa shape index (κ3) is 5.10. The van der Waals surface area contributed by atoms with Gasteiger partial charge in [0.05, 0.1) is 23.4 Å². The largest absolute Gasteiger partial charge is 0.497 e. The van der Waals surface area contributed by atoms with Gasteiger partial charge in [-0.2, -0.15) is 0 Å². The Kier molecular flexibility index (Phi) is 6.38. The van der Waals surface area contributed by atoms with Crippen molar-refractivity contribution in [3.63, 3.8) is 0 Å². The fourth-order valence-corrected chi connectivity index (χ4v) is 4.25. The fraction of sp³-hybridized carbons (Fsp3) is 0.120. The quantitative estimate of drug-likeness (QED) is 0.384. The van der Waals surface area contributed by atoms with Crippen molar-refractivity contribution in [3.8, 4) is 28.3 Å². The average molecular weight is 476 g/mol. The first-order valence-electron chi connectivity index (χ1n) is 10.4. The first-order valence-corrected chi connectivity index (χ1v) is 11.9. The predicted octanol–water partition coefficient (Wildman–Crippen LogP) is 4.27. The fourth-order valence-electron chi connectivity index (χ4n) is 3.31. The Morgan fingerprint density at radius 1 is 0.824 bits per heavy atom. The number of anilines is 3. The van der Waals surface area contributed by atoms with E-state index in [1.165, 1.54) is 24.3 Å². The third-order valence-electron chi connectivity index (χ3n) is 5.21. The first kappa shape index (κ1) is 23.1. The molecule has 1 aromatic heterocycles. The molecule has 0 unspecified atom stereocenters. The minimum absolute atomic E-state index is 0.0307. The number of methoxy groups -OCH3 is 1. The van der Waals surface area contributed by atoms with Gasteiger partial charge in [-0.3, -0.25) is 0 Å². The second kappa shape index (κ2) is 9.40. The molecule has 0 fully saturated rings. The number of rotatable bonds is 7. The lowest BCUT2D eigenvalue weighted by Gasteiger charge is -2.14. The summed E-state index contributed by atoms with van der Waals surface area (Å²) in [6, 6.07) is 22.9. The SMILES string of the molecule is COc1ccc(-c2cc(-c3ccc(N(C)C)cc3)nc(NS(=O)(=O)c3ccc(N)cc3)n2)cc1. The second-order valence-electron chi connectivity index (χ2n) is 7.81. The Bertz CT molecular complexity index is 1390. The second-order valence-corrected chi connectivity index (χ2v) is 9.49. The van der Waals surface area contributed by atoms with Gasteiger partial charge in [0.25, 0.3) is 10.0 Å². The van der Waals surface area contributed by atoms with Gasteiger partial charge in [0.2, 0.25) is 5.95 Å². The third-order valence-corrected chi connectivity index (χ3v) is 6.55. The summed E-state index contributed by atoms with van der Waals surface area (Å²) in [7, 11) is 1.61. The van der Waals surface area contributed by atoms with Crippen molar-refractivity contribution >= 4 is 27.3 Å². The van der Waals surface area contributed by atoms with E-state index in [9.17, 15) is 8.42 Å². The number of sulfonamides is 1. The van der Waals surface area contributed by atoms with Gasteiger partial charge in [0.15, 0.2) is 0 Å². The molecule has 9 heteroatoms. The predicted molar refractivity (Wildman–Crippen MR) is 135 cm³/mol. The standard InChI is InChI=1S/C25H25N5O3S/c1-30(2)20-10-4-17(5-11-20)23-16-24(18-6-12-21(33-3)13-7-18)28-25(27-23)29-34(31,32)22-14-8-19(26)9-15-22/h4-16H,26H2,1-3H3,(H,27,28,29). The average Bonchev–Trinajstić information content (AvgIpc) is 2.84. The molecule has 0 aliphatic heterocycles. The molecule has 0 amide bonds. The van der Waals surface area contributed by atoms with Crippen molar-refractivity contribution in [2.45, 2.75) is 4.90 Å². The van der Waals surface area contributed by atoms with Gasteiger partial charge >= 0.3 is 0 Å². The van der Waals surface area contributed by atoms with Crippen LogP contribution in [0.15, 0.2) is 83.8 Å². The normalized spacial score (nSPS) is 11.1. The van der Waals surface area contributed by atoms with Crippen LogP contribution in [0.25, 0.3) is 22.5 Å². The highest BCUT2D eigenvalue weighted by atomic mass is 32.2. The number of hydrogen-bond acceptors (Lipinski definition) is 7. The van der Waals surface area contributed by atoms with Crippen LogP contribution in [0.3, 0.4) is 0 Å². The zero-order chi connectivity index (χ0) is 24.3. The summed E-state index contributed by atoms with van der Waals surface area (Å²) in [6.07, 6.45) is 0. The topological polar surface area (TPSA) is 110 Å². The molecule has 0 bridgehead atoms. The molecule has 34 heavy (non-hydrogen) atoms. The van der Waals surface area contributed by atoms with Crippen molar-refractivity contribution in [2.24, 2.45) is 0 Å². The molecule has 8 nitrogen and oxygen atoms in total. The monoisotopic (exact) mass is 475 g/mol. The number of nitrogens with one attached hydrogen (secondary N) is 1. The zero-order valence-corrected chi connectivity index (χ0v) is 19.9. The highest BCUT2D eigenvalue weighted by Gasteiger charge is 2.18. The summed E-state index contributed by atoms with van der Waals surface area (Å²) < 4.78 is 33.7. The molecule has 0 saturated heterocycles. The van der Waals surface area contributed by atoms with E-state index in [0.29, 0.717) is 22.8 Å². The van der Waals surface area contributed by atoms with Crippen molar-refractivity contribution in [1.29, 1.82) is 0 Å². The number of ether oxygens (including phenoxy) is 1. The van der Waals surface area contributed by atoms with Crippen molar-refractivity contribution in [3.05, 3.63) is 78.9 Å². The van der Waals surface area contributed by atoms with Crippen molar-refractivity contribution in [2.75, 3.05) is 36.6 Å². The minimum atomic E-state index is -3.91. The molecular weight excluding hydrogens is 450 g/mol. The Labute approximate surface area is 199 Å². The summed E-state index contributed by atoms with van der Waals surface area (Å²) in [6.45, 7) is 0. The summed E-state index contributed by atoms with van der Waals surface area (Å²) in [5.41, 5.74) is 9.98. The van der Waals surface area contributed by atoms with E-state index in [-0.39, 0.29) is 10.8 Å². The Hall–Kier alpha value is -4.11. The van der Waals surface area contributed by atoms with Gasteiger partial charge < -0.3 is 15.4 Å². The highest BCUT2D eigenvalue weighted by molar-refractivity contribution is 7.92. The molecule has 0 atom stereocenters. The lowest BCUT2D eigenvalue weighted by atomic mass is 10.1. The van der Waals surface area contributed by atoms with Crippen LogP contribution in [0.1, 0.15) is 0 Å². The first-order chi connectivity index (χ1) is 16.2. The maximum Gasteiger partial charge on any atom is 0.264 e. The molecule has 0 radical (unpaired) electrons. The molecule has 4 rings (SSSR count). The number of nitrogen functional groups attached to an aromatic ring is 1. The molecular formula is C25H25N5O3S. The molecule has 0 aliphatic carbocycles. The maximum absolute atomic E-state index is 13.0. The molecule has 0 saturated carbocycles. The van der Waals surface area contributed by atoms with Crippen LogP contribution in [0.2, 0.25) is 0 Å². The van der Waals surface area contributed by atoms with Crippen molar-refractivity contribution in [1.82, 2.24) is 9.97 Å². The van der Waals surface area contributed by atoms with Crippen LogP contribution in [0.5, 0.6) is 5.75 Å². The Morgan fingerprint density at radius 3 is 1.85 bits per heavy atom. The zero-order valence-electron chi connectivity index (χ0n) is 19.1. The van der Waals surface area contributed by atoms with E-state index in [1.807, 2.05) is 73.6 Å². The van der Waals surface area contributed by atoms with Gasteiger partial charge in [-0.15, -0.1) is 0 Å². The molecule has 174 valence electrons. The smallest absolute Gasteiger partial charge is 0.264 e. The van der Waals surface area contributed by atoms with Crippen LogP contribution in [-0.4, -0.2) is 39.6 Å². The van der Waals surface area contributed by atoms with Crippen LogP contribution in [0, 0.1) is 0 Å². The number of hydrogen-bond donors (Lipinski definition) is 2.